The van der Waals surface area contributed by atoms with E-state index in [1.165, 1.54) is 18.3 Å². The number of hydrogen-bond donors (Lipinski definition) is 2. The van der Waals surface area contributed by atoms with Crippen molar-refractivity contribution in [2.24, 2.45) is 5.73 Å². The molecule has 0 radical (unpaired) electrons. The van der Waals surface area contributed by atoms with Crippen LogP contribution in [-0.2, 0) is 0 Å². The van der Waals surface area contributed by atoms with Gasteiger partial charge in [-0.3, -0.25) is 4.79 Å². The average Bonchev–Trinajstić information content (AvgIpc) is 2.49. The summed E-state index contributed by atoms with van der Waals surface area (Å²) in [5.41, 5.74) is 6.04. The van der Waals surface area contributed by atoms with Crippen LogP contribution in [0, 0.1) is 17.7 Å². The van der Waals surface area contributed by atoms with Gasteiger partial charge in [-0.05, 0) is 30.3 Å². The van der Waals surface area contributed by atoms with Crippen LogP contribution in [0.25, 0.3) is 0 Å². The largest absolute Gasteiger partial charge is 0.320 e. The molecule has 1 amide bonds. The van der Waals surface area contributed by atoms with E-state index in [-0.39, 0.29) is 22.9 Å². The predicted octanol–water partition coefficient (Wildman–Crippen LogP) is 2.44. The number of carbonyl (C=O) groups excluding carboxylic acids is 1. The lowest BCUT2D eigenvalue weighted by molar-refractivity contribution is 0.102. The molecule has 6 heteroatoms. The molecule has 0 saturated heterocycles. The Bertz CT molecular complexity index is 737. The van der Waals surface area contributed by atoms with Crippen molar-refractivity contribution in [3.8, 4) is 11.8 Å². The van der Waals surface area contributed by atoms with Gasteiger partial charge in [0.2, 0.25) is 0 Å². The maximum absolute atomic E-state index is 13.2. The van der Waals surface area contributed by atoms with Gasteiger partial charge in [0, 0.05) is 6.20 Å². The fourth-order valence-electron chi connectivity index (χ4n) is 1.61. The number of pyridine rings is 1. The van der Waals surface area contributed by atoms with Crippen molar-refractivity contribution in [3.05, 3.63) is 58.6 Å². The second kappa shape index (κ2) is 6.84. The molecule has 0 spiro atoms. The predicted molar refractivity (Wildman–Crippen MR) is 79.5 cm³/mol. The summed E-state index contributed by atoms with van der Waals surface area (Å²) in [6.07, 6.45) is 1.47. The van der Waals surface area contributed by atoms with Gasteiger partial charge >= 0.3 is 0 Å². The fourth-order valence-corrected chi connectivity index (χ4v) is 1.77. The topological polar surface area (TPSA) is 68.0 Å². The summed E-state index contributed by atoms with van der Waals surface area (Å²) in [5, 5.41) is 2.74. The molecule has 0 unspecified atom stereocenters. The SMILES string of the molecule is NCC#Cc1cccnc1C(=O)Nc1cc(F)ccc1Cl. The summed E-state index contributed by atoms with van der Waals surface area (Å²) in [6.45, 7) is 0.172. The highest BCUT2D eigenvalue weighted by atomic mass is 35.5. The fraction of sp³-hybridized carbons (Fsp3) is 0.0667. The van der Waals surface area contributed by atoms with Crippen molar-refractivity contribution in [2.45, 2.75) is 0 Å². The van der Waals surface area contributed by atoms with Gasteiger partial charge in [0.15, 0.2) is 0 Å². The molecule has 1 aromatic carbocycles. The number of carbonyl (C=O) groups is 1. The van der Waals surface area contributed by atoms with E-state index < -0.39 is 11.7 Å². The molecule has 0 atom stereocenters. The van der Waals surface area contributed by atoms with Gasteiger partial charge in [-0.25, -0.2) is 9.37 Å². The number of aromatic nitrogens is 1. The van der Waals surface area contributed by atoms with E-state index in [1.54, 1.807) is 12.1 Å². The van der Waals surface area contributed by atoms with Gasteiger partial charge < -0.3 is 11.1 Å². The monoisotopic (exact) mass is 303 g/mol. The molecular formula is C15H11ClFN3O. The quantitative estimate of drug-likeness (QED) is 0.837. The van der Waals surface area contributed by atoms with E-state index in [2.05, 4.69) is 22.1 Å². The van der Waals surface area contributed by atoms with Crippen LogP contribution in [0.2, 0.25) is 5.02 Å². The van der Waals surface area contributed by atoms with Crippen molar-refractivity contribution in [1.29, 1.82) is 0 Å². The van der Waals surface area contributed by atoms with Crippen LogP contribution in [0.1, 0.15) is 16.1 Å². The number of halogens is 2. The number of hydrogen-bond acceptors (Lipinski definition) is 3. The van der Waals surface area contributed by atoms with Crippen LogP contribution in [0.3, 0.4) is 0 Å². The Hall–Kier alpha value is -2.42. The van der Waals surface area contributed by atoms with Gasteiger partial charge in [-0.2, -0.15) is 0 Å². The Balaban J connectivity index is 2.31. The number of benzene rings is 1. The zero-order chi connectivity index (χ0) is 15.2. The third-order valence-corrected chi connectivity index (χ3v) is 2.85. The lowest BCUT2D eigenvalue weighted by Crippen LogP contribution is -2.15. The maximum Gasteiger partial charge on any atom is 0.275 e. The van der Waals surface area contributed by atoms with E-state index in [1.807, 2.05) is 0 Å². The highest BCUT2D eigenvalue weighted by Crippen LogP contribution is 2.23. The van der Waals surface area contributed by atoms with E-state index in [4.69, 9.17) is 17.3 Å². The molecule has 1 aromatic heterocycles. The molecule has 0 saturated carbocycles. The first kappa shape index (κ1) is 15.0. The Morgan fingerprint density at radius 1 is 1.43 bits per heavy atom. The molecule has 0 aliphatic rings. The molecule has 1 heterocycles. The number of rotatable bonds is 2. The Morgan fingerprint density at radius 3 is 3.00 bits per heavy atom. The molecule has 21 heavy (non-hydrogen) atoms. The van der Waals surface area contributed by atoms with Crippen LogP contribution in [0.5, 0.6) is 0 Å². The van der Waals surface area contributed by atoms with E-state index in [0.29, 0.717) is 5.56 Å². The molecule has 3 N–H and O–H groups in total. The molecular weight excluding hydrogens is 293 g/mol. The van der Waals surface area contributed by atoms with Gasteiger partial charge in [-0.1, -0.05) is 23.4 Å². The van der Waals surface area contributed by atoms with Crippen molar-refractivity contribution in [1.82, 2.24) is 4.98 Å². The summed E-state index contributed by atoms with van der Waals surface area (Å²) in [5.74, 6) is 4.39. The van der Waals surface area contributed by atoms with E-state index in [0.717, 1.165) is 6.07 Å². The lowest BCUT2D eigenvalue weighted by Gasteiger charge is -2.08. The summed E-state index contributed by atoms with van der Waals surface area (Å²) in [6, 6.07) is 7.01. The molecule has 4 nitrogen and oxygen atoms in total. The summed E-state index contributed by atoms with van der Waals surface area (Å²) < 4.78 is 13.2. The summed E-state index contributed by atoms with van der Waals surface area (Å²) >= 11 is 5.90. The van der Waals surface area contributed by atoms with Crippen LogP contribution in [-0.4, -0.2) is 17.4 Å². The zero-order valence-corrected chi connectivity index (χ0v) is 11.6. The maximum atomic E-state index is 13.2. The van der Waals surface area contributed by atoms with Crippen molar-refractivity contribution in [2.75, 3.05) is 11.9 Å². The number of nitrogens with zero attached hydrogens (tertiary/aromatic N) is 1. The molecule has 2 rings (SSSR count). The molecule has 2 aromatic rings. The molecule has 0 fully saturated rings. The van der Waals surface area contributed by atoms with Gasteiger partial charge in [0.25, 0.3) is 5.91 Å². The van der Waals surface area contributed by atoms with Crippen LogP contribution < -0.4 is 11.1 Å². The first-order chi connectivity index (χ1) is 10.1. The third-order valence-electron chi connectivity index (χ3n) is 2.52. The number of nitrogens with one attached hydrogen (secondary N) is 1. The van der Waals surface area contributed by atoms with Crippen molar-refractivity contribution < 1.29 is 9.18 Å². The van der Waals surface area contributed by atoms with Crippen molar-refractivity contribution >= 4 is 23.2 Å². The van der Waals surface area contributed by atoms with Crippen LogP contribution >= 0.6 is 11.6 Å². The Labute approximate surface area is 126 Å². The minimum Gasteiger partial charge on any atom is -0.320 e. The lowest BCUT2D eigenvalue weighted by atomic mass is 10.2. The van der Waals surface area contributed by atoms with Crippen LogP contribution in [0.15, 0.2) is 36.5 Å². The average molecular weight is 304 g/mol. The highest BCUT2D eigenvalue weighted by Gasteiger charge is 2.13. The molecule has 106 valence electrons. The summed E-state index contributed by atoms with van der Waals surface area (Å²) in [4.78, 5) is 16.2. The third kappa shape index (κ3) is 3.78. The van der Waals surface area contributed by atoms with Gasteiger partial charge in [-0.15, -0.1) is 0 Å². The van der Waals surface area contributed by atoms with Gasteiger partial charge in [0.1, 0.15) is 11.5 Å². The first-order valence-corrected chi connectivity index (χ1v) is 6.40. The second-order valence-electron chi connectivity index (χ2n) is 3.98. The number of nitrogens with two attached hydrogens (primary N) is 1. The minimum absolute atomic E-state index is 0.124. The smallest absolute Gasteiger partial charge is 0.275 e. The molecule has 0 bridgehead atoms. The standard InChI is InChI=1S/C15H11ClFN3O/c16-12-6-5-11(17)9-13(12)20-15(21)14-10(3-1-7-18)4-2-8-19-14/h2,4-6,8-9H,7,18H2,(H,20,21). The second-order valence-corrected chi connectivity index (χ2v) is 4.39. The summed E-state index contributed by atoms with van der Waals surface area (Å²) in [7, 11) is 0. The molecule has 0 aliphatic heterocycles. The Kier molecular flexibility index (Phi) is 4.88. The molecule has 0 aliphatic carbocycles. The number of amides is 1. The minimum atomic E-state index is -0.524. The van der Waals surface area contributed by atoms with E-state index >= 15 is 0 Å². The zero-order valence-electron chi connectivity index (χ0n) is 10.9. The van der Waals surface area contributed by atoms with Crippen LogP contribution in [0.4, 0.5) is 10.1 Å². The first-order valence-electron chi connectivity index (χ1n) is 6.02. The normalized spacial score (nSPS) is 9.67. The number of anilines is 1. The van der Waals surface area contributed by atoms with Crippen molar-refractivity contribution in [3.63, 3.8) is 0 Å². The Morgan fingerprint density at radius 2 is 2.24 bits per heavy atom. The highest BCUT2D eigenvalue weighted by molar-refractivity contribution is 6.33. The van der Waals surface area contributed by atoms with Gasteiger partial charge in [0.05, 0.1) is 22.8 Å². The van der Waals surface area contributed by atoms with E-state index in [9.17, 15) is 9.18 Å².